The van der Waals surface area contributed by atoms with E-state index in [9.17, 15) is 4.79 Å². The van der Waals surface area contributed by atoms with Crippen molar-refractivity contribution in [3.63, 3.8) is 0 Å². The van der Waals surface area contributed by atoms with Crippen molar-refractivity contribution in [2.45, 2.75) is 26.1 Å². The zero-order valence-electron chi connectivity index (χ0n) is 14.2. The van der Waals surface area contributed by atoms with Crippen molar-refractivity contribution in [3.8, 4) is 6.01 Å². The van der Waals surface area contributed by atoms with E-state index < -0.39 is 0 Å². The van der Waals surface area contributed by atoms with Gasteiger partial charge in [-0.1, -0.05) is 0 Å². The number of carbonyl (C=O) groups excluding carboxylic acids is 1. The van der Waals surface area contributed by atoms with Gasteiger partial charge in [0.2, 0.25) is 5.91 Å². The molecule has 3 heterocycles. The molecule has 1 aliphatic rings. The standard InChI is InChI=1S/C16H22N6O2/c1-12-4-6-17-16(19-12)24-14-9-21(15(23)11-20(2)3)8-13-5-7-18-22(13)10-14/h4-7,14H,8-11H2,1-3H3. The van der Waals surface area contributed by atoms with Gasteiger partial charge < -0.3 is 14.5 Å². The molecular formula is C16H22N6O2. The minimum Gasteiger partial charge on any atom is -0.456 e. The van der Waals surface area contributed by atoms with Crippen LogP contribution >= 0.6 is 0 Å². The summed E-state index contributed by atoms with van der Waals surface area (Å²) in [6, 6.07) is 4.08. The Kier molecular flexibility index (Phi) is 4.75. The predicted octanol–water partition coefficient (Wildman–Crippen LogP) is 0.333. The van der Waals surface area contributed by atoms with Crippen molar-refractivity contribution in [3.05, 3.63) is 35.9 Å². The zero-order chi connectivity index (χ0) is 17.1. The van der Waals surface area contributed by atoms with Crippen LogP contribution in [0, 0.1) is 6.92 Å². The fourth-order valence-corrected chi connectivity index (χ4v) is 2.68. The number of aromatic nitrogens is 4. The fraction of sp³-hybridized carbons (Fsp3) is 0.500. The molecule has 3 rings (SSSR count). The number of hydrogen-bond donors (Lipinski definition) is 0. The highest BCUT2D eigenvalue weighted by molar-refractivity contribution is 5.78. The third kappa shape index (κ3) is 3.88. The maximum atomic E-state index is 12.5. The summed E-state index contributed by atoms with van der Waals surface area (Å²) >= 11 is 0. The lowest BCUT2D eigenvalue weighted by molar-refractivity contribution is -0.133. The van der Waals surface area contributed by atoms with Crippen molar-refractivity contribution in [2.75, 3.05) is 27.2 Å². The number of nitrogens with zero attached hydrogens (tertiary/aromatic N) is 6. The van der Waals surface area contributed by atoms with Crippen LogP contribution in [0.2, 0.25) is 0 Å². The van der Waals surface area contributed by atoms with Crippen LogP contribution in [-0.4, -0.2) is 68.7 Å². The third-order valence-electron chi connectivity index (χ3n) is 3.81. The van der Waals surface area contributed by atoms with E-state index in [0.717, 1.165) is 11.4 Å². The summed E-state index contributed by atoms with van der Waals surface area (Å²) in [6.07, 6.45) is 3.16. The number of carbonyl (C=O) groups is 1. The van der Waals surface area contributed by atoms with E-state index >= 15 is 0 Å². The van der Waals surface area contributed by atoms with Crippen LogP contribution in [-0.2, 0) is 17.9 Å². The van der Waals surface area contributed by atoms with Crippen LogP contribution in [0.25, 0.3) is 0 Å². The molecule has 8 nitrogen and oxygen atoms in total. The molecule has 0 radical (unpaired) electrons. The van der Waals surface area contributed by atoms with Crippen LogP contribution in [0.4, 0.5) is 0 Å². The van der Waals surface area contributed by atoms with Crippen LogP contribution < -0.4 is 4.74 Å². The highest BCUT2D eigenvalue weighted by atomic mass is 16.5. The Balaban J connectivity index is 1.79. The number of likely N-dealkylation sites (N-methyl/N-ethyl adjacent to an activating group) is 1. The molecule has 24 heavy (non-hydrogen) atoms. The van der Waals surface area contributed by atoms with E-state index in [-0.39, 0.29) is 12.0 Å². The number of fused-ring (bicyclic) bond motifs is 1. The Labute approximate surface area is 141 Å². The third-order valence-corrected chi connectivity index (χ3v) is 3.81. The lowest BCUT2D eigenvalue weighted by Crippen LogP contribution is -2.42. The van der Waals surface area contributed by atoms with Crippen molar-refractivity contribution in [2.24, 2.45) is 0 Å². The second-order valence-electron chi connectivity index (χ2n) is 6.24. The monoisotopic (exact) mass is 330 g/mol. The van der Waals surface area contributed by atoms with Gasteiger partial charge in [0.15, 0.2) is 0 Å². The van der Waals surface area contributed by atoms with Gasteiger partial charge in [-0.15, -0.1) is 0 Å². The van der Waals surface area contributed by atoms with Crippen LogP contribution in [0.3, 0.4) is 0 Å². The molecule has 1 atom stereocenters. The summed E-state index contributed by atoms with van der Waals surface area (Å²) in [5.41, 5.74) is 1.84. The van der Waals surface area contributed by atoms with E-state index in [0.29, 0.717) is 32.2 Å². The van der Waals surface area contributed by atoms with E-state index in [1.807, 2.05) is 42.7 Å². The van der Waals surface area contributed by atoms with Crippen LogP contribution in [0.15, 0.2) is 24.5 Å². The van der Waals surface area contributed by atoms with Crippen molar-refractivity contribution in [1.29, 1.82) is 0 Å². The minimum absolute atomic E-state index is 0.0633. The van der Waals surface area contributed by atoms with Gasteiger partial charge in [-0.05, 0) is 33.2 Å². The Bertz CT molecular complexity index is 714. The molecule has 0 aliphatic carbocycles. The highest BCUT2D eigenvalue weighted by Gasteiger charge is 2.27. The number of amides is 1. The van der Waals surface area contributed by atoms with E-state index in [1.165, 1.54) is 0 Å². The topological polar surface area (TPSA) is 76.4 Å². The largest absolute Gasteiger partial charge is 0.456 e. The Hall–Kier alpha value is -2.48. The zero-order valence-corrected chi connectivity index (χ0v) is 14.2. The summed E-state index contributed by atoms with van der Waals surface area (Å²) in [5, 5.41) is 4.33. The molecule has 0 spiro atoms. The molecule has 2 aromatic rings. The Morgan fingerprint density at radius 3 is 2.92 bits per heavy atom. The molecule has 1 amide bonds. The molecular weight excluding hydrogens is 308 g/mol. The molecule has 0 fully saturated rings. The Morgan fingerprint density at radius 1 is 1.33 bits per heavy atom. The van der Waals surface area contributed by atoms with E-state index in [1.54, 1.807) is 17.3 Å². The molecule has 0 saturated carbocycles. The number of rotatable bonds is 4. The maximum Gasteiger partial charge on any atom is 0.316 e. The van der Waals surface area contributed by atoms with Gasteiger partial charge >= 0.3 is 6.01 Å². The first-order valence-electron chi connectivity index (χ1n) is 7.91. The number of aryl methyl sites for hydroxylation is 1. The van der Waals surface area contributed by atoms with Crippen molar-refractivity contribution >= 4 is 5.91 Å². The average molecular weight is 330 g/mol. The summed E-state index contributed by atoms with van der Waals surface area (Å²) < 4.78 is 7.82. The molecule has 2 aromatic heterocycles. The van der Waals surface area contributed by atoms with Gasteiger partial charge in [0.25, 0.3) is 0 Å². The minimum atomic E-state index is -0.251. The van der Waals surface area contributed by atoms with Gasteiger partial charge in [0.05, 0.1) is 31.9 Å². The fourth-order valence-electron chi connectivity index (χ4n) is 2.68. The van der Waals surface area contributed by atoms with Gasteiger partial charge in [0.1, 0.15) is 6.10 Å². The van der Waals surface area contributed by atoms with Gasteiger partial charge in [-0.2, -0.15) is 5.10 Å². The molecule has 0 saturated heterocycles. The molecule has 1 unspecified atom stereocenters. The summed E-state index contributed by atoms with van der Waals surface area (Å²) in [6.45, 7) is 3.82. The smallest absolute Gasteiger partial charge is 0.316 e. The van der Waals surface area contributed by atoms with Crippen molar-refractivity contribution in [1.82, 2.24) is 29.5 Å². The van der Waals surface area contributed by atoms with Gasteiger partial charge in [-0.25, -0.2) is 9.97 Å². The lowest BCUT2D eigenvalue weighted by Gasteiger charge is -2.25. The first-order valence-corrected chi connectivity index (χ1v) is 7.91. The van der Waals surface area contributed by atoms with Gasteiger partial charge in [0, 0.05) is 18.1 Å². The first-order chi connectivity index (χ1) is 11.5. The molecule has 0 aromatic carbocycles. The van der Waals surface area contributed by atoms with Crippen molar-refractivity contribution < 1.29 is 9.53 Å². The predicted molar refractivity (Wildman–Crippen MR) is 87.4 cm³/mol. The quantitative estimate of drug-likeness (QED) is 0.804. The average Bonchev–Trinajstić information content (AvgIpc) is 2.85. The second-order valence-corrected chi connectivity index (χ2v) is 6.24. The first kappa shape index (κ1) is 16.4. The summed E-state index contributed by atoms with van der Waals surface area (Å²) in [7, 11) is 3.77. The van der Waals surface area contributed by atoms with Crippen LogP contribution in [0.1, 0.15) is 11.4 Å². The van der Waals surface area contributed by atoms with E-state index in [4.69, 9.17) is 4.74 Å². The maximum absolute atomic E-state index is 12.5. The normalized spacial score (nSPS) is 17.5. The number of hydrogen-bond acceptors (Lipinski definition) is 6. The molecule has 8 heteroatoms. The SMILES string of the molecule is Cc1ccnc(OC2CN(C(=O)CN(C)C)Cc3ccnn3C2)n1. The highest BCUT2D eigenvalue weighted by Crippen LogP contribution is 2.15. The summed E-state index contributed by atoms with van der Waals surface area (Å²) in [4.78, 5) is 24.6. The van der Waals surface area contributed by atoms with Gasteiger partial charge in [-0.3, -0.25) is 9.48 Å². The molecule has 0 N–H and O–H groups in total. The number of ether oxygens (including phenoxy) is 1. The summed E-state index contributed by atoms with van der Waals surface area (Å²) in [5.74, 6) is 0.0633. The molecule has 0 bridgehead atoms. The van der Waals surface area contributed by atoms with E-state index in [2.05, 4.69) is 15.1 Å². The van der Waals surface area contributed by atoms with Crippen LogP contribution in [0.5, 0.6) is 6.01 Å². The lowest BCUT2D eigenvalue weighted by atomic mass is 10.3. The molecule has 1 aliphatic heterocycles. The second kappa shape index (κ2) is 6.96. The molecule has 128 valence electrons. The Morgan fingerprint density at radius 2 is 2.17 bits per heavy atom.